The van der Waals surface area contributed by atoms with Crippen molar-refractivity contribution in [1.82, 2.24) is 42.5 Å². The van der Waals surface area contributed by atoms with Crippen molar-refractivity contribution < 1.29 is 77.2 Å². The monoisotopic (exact) mass is 1030 g/mol. The van der Waals surface area contributed by atoms with Gasteiger partial charge in [-0.15, -0.1) is 0 Å². The third-order valence-corrected chi connectivity index (χ3v) is 10.8. The Hall–Kier alpha value is -7.68. The maximum Gasteiger partial charge on any atom is 0.326 e. The van der Waals surface area contributed by atoms with Gasteiger partial charge in [0.25, 0.3) is 5.91 Å². The van der Waals surface area contributed by atoms with Crippen molar-refractivity contribution in [2.24, 2.45) is 11.5 Å². The number of carbonyl (C=O) groups excluding carboxylic acids is 9. The molecule has 0 heterocycles. The van der Waals surface area contributed by atoms with E-state index in [-0.39, 0.29) is 50.1 Å². The van der Waals surface area contributed by atoms with Crippen molar-refractivity contribution in [2.75, 3.05) is 18.8 Å². The highest BCUT2D eigenvalue weighted by Crippen LogP contribution is 2.09. The molecule has 0 aromatic heterocycles. The molecular formula is C45H61FN10O15S. The van der Waals surface area contributed by atoms with E-state index in [2.05, 4.69) is 55.2 Å². The van der Waals surface area contributed by atoms with Gasteiger partial charge in [0, 0.05) is 43.5 Å². The predicted octanol–water partition coefficient (Wildman–Crippen LogP) is -2.65. The van der Waals surface area contributed by atoms with Crippen molar-refractivity contribution in [3.63, 3.8) is 0 Å². The summed E-state index contributed by atoms with van der Waals surface area (Å²) >= 11 is 4.11. The quantitative estimate of drug-likeness (QED) is 0.0257. The Kier molecular flexibility index (Phi) is 26.5. The van der Waals surface area contributed by atoms with E-state index in [0.717, 1.165) is 12.1 Å². The molecule has 0 aliphatic heterocycles. The van der Waals surface area contributed by atoms with Crippen LogP contribution in [0.4, 0.5) is 4.39 Å². The average Bonchev–Trinajstić information content (AvgIpc) is 3.32. The largest absolute Gasteiger partial charge is 0.481 e. The number of hydrogen-bond donors (Lipinski definition) is 14. The zero-order valence-corrected chi connectivity index (χ0v) is 40.0. The fourth-order valence-corrected chi connectivity index (χ4v) is 6.76. The van der Waals surface area contributed by atoms with Gasteiger partial charge >= 0.3 is 17.9 Å². The number of hydrogen-bond acceptors (Lipinski definition) is 14. The summed E-state index contributed by atoms with van der Waals surface area (Å²) < 4.78 is 13.2. The van der Waals surface area contributed by atoms with Crippen LogP contribution in [0.25, 0.3) is 0 Å². The van der Waals surface area contributed by atoms with Gasteiger partial charge in [0.15, 0.2) is 0 Å². The molecule has 0 fully saturated rings. The van der Waals surface area contributed by atoms with Gasteiger partial charge in [0.05, 0.1) is 6.42 Å². The van der Waals surface area contributed by atoms with Crippen molar-refractivity contribution in [3.8, 4) is 0 Å². The molecule has 7 atom stereocenters. The fourth-order valence-electron chi connectivity index (χ4n) is 6.51. The number of benzene rings is 2. The molecule has 0 radical (unpaired) electrons. The van der Waals surface area contributed by atoms with Crippen molar-refractivity contribution in [2.45, 2.75) is 113 Å². The molecule has 0 bridgehead atoms. The zero-order valence-electron chi connectivity index (χ0n) is 39.2. The second-order valence-corrected chi connectivity index (χ2v) is 16.6. The smallest absolute Gasteiger partial charge is 0.326 e. The molecule has 2 aromatic carbocycles. The first-order valence-corrected chi connectivity index (χ1v) is 23.1. The van der Waals surface area contributed by atoms with Crippen molar-refractivity contribution >= 4 is 83.7 Å². The lowest BCUT2D eigenvalue weighted by Gasteiger charge is -2.26. The average molecular weight is 1030 g/mol. The van der Waals surface area contributed by atoms with Crippen molar-refractivity contribution in [1.29, 1.82) is 0 Å². The van der Waals surface area contributed by atoms with Crippen LogP contribution in [0.2, 0.25) is 0 Å². The van der Waals surface area contributed by atoms with E-state index in [1.54, 1.807) is 30.3 Å². The molecule has 0 aliphatic rings. The molecule has 0 saturated heterocycles. The Balaban J connectivity index is 2.18. The second-order valence-electron chi connectivity index (χ2n) is 16.2. The molecule has 2 aromatic rings. The summed E-state index contributed by atoms with van der Waals surface area (Å²) in [6.07, 6.45) is -3.09. The molecule has 15 N–H and O–H groups in total. The van der Waals surface area contributed by atoms with Gasteiger partial charge in [-0.3, -0.25) is 52.7 Å². The van der Waals surface area contributed by atoms with Crippen LogP contribution < -0.4 is 54.0 Å². The number of thiol groups is 1. The van der Waals surface area contributed by atoms with Gasteiger partial charge in [-0.1, -0.05) is 30.3 Å². The first kappa shape index (κ1) is 60.4. The molecule has 1 unspecified atom stereocenters. The molecule has 2 rings (SSSR count). The minimum atomic E-state index is -1.88. The summed E-state index contributed by atoms with van der Waals surface area (Å²) in [4.78, 5) is 153. The van der Waals surface area contributed by atoms with E-state index in [0.29, 0.717) is 12.0 Å². The number of aliphatic carboxylic acids is 3. The third-order valence-electron chi connectivity index (χ3n) is 10.4. The molecule has 25 nitrogen and oxygen atoms in total. The number of carboxylic acid groups (broad SMARTS) is 3. The number of carboxylic acids is 3. The van der Waals surface area contributed by atoms with Gasteiger partial charge in [-0.25, -0.2) is 9.18 Å². The van der Waals surface area contributed by atoms with Crippen LogP contribution in [-0.4, -0.2) is 148 Å². The van der Waals surface area contributed by atoms with E-state index in [4.69, 9.17) is 11.5 Å². The third kappa shape index (κ3) is 22.8. The topological polar surface area (TPSA) is 414 Å². The number of rotatable bonds is 33. The van der Waals surface area contributed by atoms with Crippen molar-refractivity contribution in [3.05, 3.63) is 71.5 Å². The number of unbranched alkanes of at least 4 members (excludes halogenated alkanes) is 1. The fraction of sp³-hybridized carbons (Fsp3) is 0.467. The number of carbonyl (C=O) groups is 12. The maximum atomic E-state index is 13.8. The highest BCUT2D eigenvalue weighted by atomic mass is 32.1. The molecule has 0 aliphatic carbocycles. The van der Waals surface area contributed by atoms with Gasteiger partial charge < -0.3 is 69.3 Å². The normalized spacial score (nSPS) is 13.7. The SMILES string of the molecule is CC(NC(=O)[C@H](CS)NC(=O)[C@H](CCC(=O)O)NC(=O)CCNC(=O)c1ccc(F)cc1)C(=O)N[C@@H](CCCCN)C(=O)N[C@@H](CCC(N)=O)C(=O)N[C@@H](CC(=O)O)C(=O)N[C@@H](Cc1ccccc1)C(=O)O. The Morgan fingerprint density at radius 2 is 1.10 bits per heavy atom. The van der Waals surface area contributed by atoms with E-state index >= 15 is 0 Å². The van der Waals surface area contributed by atoms with E-state index in [1.807, 2.05) is 0 Å². The number of halogens is 1. The van der Waals surface area contributed by atoms with E-state index in [1.165, 1.54) is 19.1 Å². The van der Waals surface area contributed by atoms with Gasteiger partial charge in [0.1, 0.15) is 48.1 Å². The Labute approximate surface area is 417 Å². The van der Waals surface area contributed by atoms with Crippen LogP contribution in [-0.2, 0) is 59.2 Å². The molecular weight excluding hydrogens is 972 g/mol. The molecule has 0 saturated carbocycles. The van der Waals surface area contributed by atoms with Crippen LogP contribution in [0.3, 0.4) is 0 Å². The minimum absolute atomic E-state index is 0.0962. The minimum Gasteiger partial charge on any atom is -0.481 e. The number of amides is 9. The summed E-state index contributed by atoms with van der Waals surface area (Å²) in [6.45, 7) is 1.17. The lowest BCUT2D eigenvalue weighted by atomic mass is 10.0. The molecule has 9 amide bonds. The van der Waals surface area contributed by atoms with Crippen LogP contribution in [0.15, 0.2) is 54.6 Å². The standard InChI is InChI=1S/C45H61FN10O15S/c1-24(50-44(69)33(23-72)56-41(66)29(15-17-36(59)60)51-35(58)18-20-49-39(64)26-10-12-27(46)13-11-26)38(63)52-28(9-5-6-19-47)40(65)53-30(14-16-34(48)57)42(67)54-31(22-37(61)62)43(68)55-32(45(70)71)21-25-7-3-2-4-8-25/h2-4,7-8,10-13,24,28-33,72H,5-6,9,14-23,47H2,1H3,(H2,48,57)(H,49,64)(H,50,69)(H,51,58)(H,52,63)(H,53,65)(H,54,67)(H,55,68)(H,56,66)(H,59,60)(H,61,62)(H,70,71)/t24?,28-,29-,30-,31-,32-,33-/m0/s1. The van der Waals surface area contributed by atoms with Crippen LogP contribution in [0.1, 0.15) is 80.6 Å². The highest BCUT2D eigenvalue weighted by Gasteiger charge is 2.34. The van der Waals surface area contributed by atoms with Gasteiger partial charge in [-0.05, 0) is 75.4 Å². The van der Waals surface area contributed by atoms with Gasteiger partial charge in [-0.2, -0.15) is 12.6 Å². The lowest BCUT2D eigenvalue weighted by Crippen LogP contribution is -2.60. The molecule has 72 heavy (non-hydrogen) atoms. The van der Waals surface area contributed by atoms with Crippen LogP contribution in [0.5, 0.6) is 0 Å². The predicted molar refractivity (Wildman–Crippen MR) is 255 cm³/mol. The summed E-state index contributed by atoms with van der Waals surface area (Å²) in [7, 11) is 0. The molecule has 27 heteroatoms. The van der Waals surface area contributed by atoms with Crippen LogP contribution in [0, 0.1) is 5.82 Å². The molecule has 0 spiro atoms. The number of nitrogens with two attached hydrogens (primary N) is 2. The Morgan fingerprint density at radius 3 is 1.65 bits per heavy atom. The van der Waals surface area contributed by atoms with E-state index < -0.39 is 151 Å². The van der Waals surface area contributed by atoms with Crippen LogP contribution >= 0.6 is 12.6 Å². The first-order chi connectivity index (χ1) is 34.0. The summed E-state index contributed by atoms with van der Waals surface area (Å²) in [5.74, 6) is -13.9. The Morgan fingerprint density at radius 1 is 0.583 bits per heavy atom. The number of primary amides is 1. The van der Waals surface area contributed by atoms with E-state index in [9.17, 15) is 77.2 Å². The molecule has 394 valence electrons. The maximum absolute atomic E-state index is 13.8. The summed E-state index contributed by atoms with van der Waals surface area (Å²) in [6, 6.07) is 1.76. The first-order valence-electron chi connectivity index (χ1n) is 22.5. The number of nitrogens with one attached hydrogen (secondary N) is 8. The van der Waals surface area contributed by atoms with Gasteiger partial charge in [0.2, 0.25) is 47.3 Å². The Bertz CT molecular complexity index is 2240. The second kappa shape index (κ2) is 31.5. The lowest BCUT2D eigenvalue weighted by molar-refractivity contribution is -0.143. The summed E-state index contributed by atoms with van der Waals surface area (Å²) in [5, 5.41) is 47.3. The highest BCUT2D eigenvalue weighted by molar-refractivity contribution is 7.80. The summed E-state index contributed by atoms with van der Waals surface area (Å²) in [5.41, 5.74) is 11.6. The zero-order chi connectivity index (χ0) is 53.9.